The van der Waals surface area contributed by atoms with Gasteiger partial charge in [0.2, 0.25) is 0 Å². The van der Waals surface area contributed by atoms with Gasteiger partial charge in [0, 0.05) is 44.6 Å². The molecular formula is C19H18ClFN6O. The van der Waals surface area contributed by atoms with E-state index in [1.54, 1.807) is 11.1 Å². The van der Waals surface area contributed by atoms with Crippen LogP contribution < -0.4 is 4.90 Å². The Morgan fingerprint density at radius 1 is 1.11 bits per heavy atom. The lowest BCUT2D eigenvalue weighted by Crippen LogP contribution is -2.49. The molecule has 0 atom stereocenters. The summed E-state index contributed by atoms with van der Waals surface area (Å²) in [7, 11) is 0. The number of aromatic nitrogens is 4. The summed E-state index contributed by atoms with van der Waals surface area (Å²) in [5.74, 6) is 1.35. The van der Waals surface area contributed by atoms with Gasteiger partial charge in [0.25, 0.3) is 5.91 Å². The quantitative estimate of drug-likeness (QED) is 0.676. The fourth-order valence-electron chi connectivity index (χ4n) is 3.26. The third kappa shape index (κ3) is 3.43. The van der Waals surface area contributed by atoms with Gasteiger partial charge in [-0.1, -0.05) is 17.7 Å². The van der Waals surface area contributed by atoms with Crippen molar-refractivity contribution >= 4 is 23.3 Å². The van der Waals surface area contributed by atoms with Crippen LogP contribution in [0.25, 0.3) is 5.82 Å². The SMILES string of the molecule is Cc1nccn1-c1cc(N2CCN(C(=O)c3c(F)cccc3Cl)CC2)ncn1. The smallest absolute Gasteiger partial charge is 0.258 e. The highest BCUT2D eigenvalue weighted by Gasteiger charge is 2.26. The number of rotatable bonds is 3. The van der Waals surface area contributed by atoms with Crippen molar-refractivity contribution in [2.24, 2.45) is 0 Å². The lowest BCUT2D eigenvalue weighted by atomic mass is 10.1. The van der Waals surface area contributed by atoms with Crippen molar-refractivity contribution in [2.45, 2.75) is 6.92 Å². The fraction of sp³-hybridized carbons (Fsp3) is 0.263. The van der Waals surface area contributed by atoms with Gasteiger partial charge in [-0.25, -0.2) is 19.3 Å². The number of halogens is 2. The van der Waals surface area contributed by atoms with Gasteiger partial charge in [0.15, 0.2) is 0 Å². The molecule has 1 aromatic carbocycles. The average Bonchev–Trinajstić information content (AvgIpc) is 3.14. The molecule has 0 unspecified atom stereocenters. The van der Waals surface area contributed by atoms with Crippen LogP contribution in [-0.4, -0.2) is 56.5 Å². The molecule has 0 N–H and O–H groups in total. The van der Waals surface area contributed by atoms with Crippen molar-refractivity contribution in [1.29, 1.82) is 0 Å². The number of benzene rings is 1. The van der Waals surface area contributed by atoms with E-state index >= 15 is 0 Å². The van der Waals surface area contributed by atoms with Crippen LogP contribution in [-0.2, 0) is 0 Å². The van der Waals surface area contributed by atoms with Crippen LogP contribution in [0, 0.1) is 12.7 Å². The lowest BCUT2D eigenvalue weighted by molar-refractivity contribution is 0.0742. The molecule has 9 heteroatoms. The molecule has 0 radical (unpaired) electrons. The summed E-state index contributed by atoms with van der Waals surface area (Å²) in [6.07, 6.45) is 5.08. The molecule has 1 saturated heterocycles. The molecular weight excluding hydrogens is 383 g/mol. The second-order valence-corrected chi connectivity index (χ2v) is 6.86. The van der Waals surface area contributed by atoms with Crippen molar-refractivity contribution in [2.75, 3.05) is 31.1 Å². The highest BCUT2D eigenvalue weighted by atomic mass is 35.5. The molecule has 0 aliphatic carbocycles. The van der Waals surface area contributed by atoms with Crippen LogP contribution in [0.1, 0.15) is 16.2 Å². The molecule has 7 nitrogen and oxygen atoms in total. The first kappa shape index (κ1) is 18.4. The molecule has 0 saturated carbocycles. The van der Waals surface area contributed by atoms with Crippen molar-refractivity contribution < 1.29 is 9.18 Å². The number of nitrogens with zero attached hydrogens (tertiary/aromatic N) is 6. The number of carbonyl (C=O) groups is 1. The van der Waals surface area contributed by atoms with Crippen LogP contribution in [0.5, 0.6) is 0 Å². The zero-order valence-corrected chi connectivity index (χ0v) is 16.0. The van der Waals surface area contributed by atoms with E-state index < -0.39 is 5.82 Å². The zero-order chi connectivity index (χ0) is 19.7. The summed E-state index contributed by atoms with van der Waals surface area (Å²) in [4.78, 5) is 29.2. The number of piperazine rings is 1. The third-order valence-corrected chi connectivity index (χ3v) is 5.09. The van der Waals surface area contributed by atoms with Gasteiger partial charge in [-0.3, -0.25) is 9.36 Å². The third-order valence-electron chi connectivity index (χ3n) is 4.78. The van der Waals surface area contributed by atoms with E-state index in [4.69, 9.17) is 11.6 Å². The minimum Gasteiger partial charge on any atom is -0.353 e. The van der Waals surface area contributed by atoms with E-state index in [1.807, 2.05) is 23.8 Å². The molecule has 1 fully saturated rings. The molecule has 3 aromatic rings. The summed E-state index contributed by atoms with van der Waals surface area (Å²) < 4.78 is 15.9. The number of anilines is 1. The highest BCUT2D eigenvalue weighted by Crippen LogP contribution is 2.23. The minimum atomic E-state index is -0.601. The van der Waals surface area contributed by atoms with Crippen LogP contribution >= 0.6 is 11.6 Å². The average molecular weight is 401 g/mol. The summed E-state index contributed by atoms with van der Waals surface area (Å²) in [6, 6.07) is 6.14. The molecule has 1 aliphatic heterocycles. The Balaban J connectivity index is 1.48. The van der Waals surface area contributed by atoms with Gasteiger partial charge in [-0.05, 0) is 19.1 Å². The zero-order valence-electron chi connectivity index (χ0n) is 15.2. The molecule has 28 heavy (non-hydrogen) atoms. The van der Waals surface area contributed by atoms with E-state index in [2.05, 4.69) is 19.9 Å². The highest BCUT2D eigenvalue weighted by molar-refractivity contribution is 6.33. The molecule has 0 bridgehead atoms. The van der Waals surface area contributed by atoms with Crippen molar-refractivity contribution in [3.8, 4) is 5.82 Å². The summed E-state index contributed by atoms with van der Waals surface area (Å²) in [5, 5.41) is 0.128. The van der Waals surface area contributed by atoms with Crippen LogP contribution in [0.15, 0.2) is 43.0 Å². The van der Waals surface area contributed by atoms with E-state index in [9.17, 15) is 9.18 Å². The summed E-state index contributed by atoms with van der Waals surface area (Å²) >= 11 is 6.02. The maximum atomic E-state index is 14.0. The van der Waals surface area contributed by atoms with E-state index in [0.717, 1.165) is 17.5 Å². The molecule has 1 aliphatic rings. The van der Waals surface area contributed by atoms with Gasteiger partial charge in [-0.2, -0.15) is 0 Å². The normalized spacial score (nSPS) is 14.4. The largest absolute Gasteiger partial charge is 0.353 e. The number of aryl methyl sites for hydroxylation is 1. The van der Waals surface area contributed by atoms with Crippen LogP contribution in [0.2, 0.25) is 5.02 Å². The first-order valence-electron chi connectivity index (χ1n) is 8.85. The van der Waals surface area contributed by atoms with Crippen molar-refractivity contribution in [1.82, 2.24) is 24.4 Å². The number of carbonyl (C=O) groups excluding carboxylic acids is 1. The summed E-state index contributed by atoms with van der Waals surface area (Å²) in [5.41, 5.74) is -0.0717. The predicted molar refractivity (Wildman–Crippen MR) is 103 cm³/mol. The van der Waals surface area contributed by atoms with Crippen LogP contribution in [0.4, 0.5) is 10.2 Å². The molecule has 144 valence electrons. The Labute approximate surface area is 166 Å². The number of amides is 1. The fourth-order valence-corrected chi connectivity index (χ4v) is 3.50. The lowest BCUT2D eigenvalue weighted by Gasteiger charge is -2.35. The minimum absolute atomic E-state index is 0.0717. The first-order valence-corrected chi connectivity index (χ1v) is 9.23. The second-order valence-electron chi connectivity index (χ2n) is 6.45. The first-order chi connectivity index (χ1) is 13.5. The number of hydrogen-bond donors (Lipinski definition) is 0. The Kier molecular flexibility index (Phi) is 4.95. The van der Waals surface area contributed by atoms with Gasteiger partial charge in [-0.15, -0.1) is 0 Å². The molecule has 1 amide bonds. The van der Waals surface area contributed by atoms with Crippen molar-refractivity contribution in [3.63, 3.8) is 0 Å². The standard InChI is InChI=1S/C19H18ClFN6O/c1-13-22-5-6-27(13)17-11-16(23-12-24-17)25-7-9-26(10-8-25)19(28)18-14(20)3-2-4-15(18)21/h2-6,11-12H,7-10H2,1H3. The Morgan fingerprint density at radius 3 is 2.54 bits per heavy atom. The second kappa shape index (κ2) is 7.55. The molecule has 3 heterocycles. The number of imidazole rings is 1. The van der Waals surface area contributed by atoms with Gasteiger partial charge in [0.05, 0.1) is 10.6 Å². The predicted octanol–water partition coefficient (Wildman–Crippen LogP) is 2.73. The van der Waals surface area contributed by atoms with Crippen LogP contribution in [0.3, 0.4) is 0 Å². The Bertz CT molecular complexity index is 995. The topological polar surface area (TPSA) is 67.2 Å². The van der Waals surface area contributed by atoms with Crippen molar-refractivity contribution in [3.05, 3.63) is 65.2 Å². The summed E-state index contributed by atoms with van der Waals surface area (Å²) in [6.45, 7) is 3.97. The Morgan fingerprint density at radius 2 is 1.86 bits per heavy atom. The maximum absolute atomic E-state index is 14.0. The molecule has 4 rings (SSSR count). The van der Waals surface area contributed by atoms with E-state index in [1.165, 1.54) is 24.5 Å². The van der Waals surface area contributed by atoms with E-state index in [0.29, 0.717) is 26.2 Å². The molecule has 0 spiro atoms. The van der Waals surface area contributed by atoms with Gasteiger partial charge >= 0.3 is 0 Å². The number of hydrogen-bond acceptors (Lipinski definition) is 5. The molecule has 2 aromatic heterocycles. The monoisotopic (exact) mass is 400 g/mol. The van der Waals surface area contributed by atoms with Gasteiger partial charge in [0.1, 0.15) is 29.6 Å². The van der Waals surface area contributed by atoms with Gasteiger partial charge < -0.3 is 9.80 Å². The Hall–Kier alpha value is -3.00. The van der Waals surface area contributed by atoms with E-state index in [-0.39, 0.29) is 16.5 Å². The maximum Gasteiger partial charge on any atom is 0.258 e.